The van der Waals surface area contributed by atoms with Gasteiger partial charge in [-0.15, -0.1) is 0 Å². The summed E-state index contributed by atoms with van der Waals surface area (Å²) < 4.78 is 27.6. The van der Waals surface area contributed by atoms with Crippen LogP contribution in [0.2, 0.25) is 0 Å². The Bertz CT molecular complexity index is 489. The van der Waals surface area contributed by atoms with E-state index in [1.165, 1.54) is 50.5 Å². The number of hydrogen-bond donors (Lipinski definition) is 0. The van der Waals surface area contributed by atoms with Gasteiger partial charge >= 0.3 is 0 Å². The number of rotatable bonds is 22. The molecule has 31 heavy (non-hydrogen) atoms. The molecule has 0 bridgehead atoms. The van der Waals surface area contributed by atoms with Crippen LogP contribution < -0.4 is 4.74 Å². The van der Waals surface area contributed by atoms with E-state index in [9.17, 15) is 0 Å². The standard InChI is InChI=1S/C26H46O5/c1-4-5-6-7-8-9-10-11-25-12-14-26(15-13-25)31-23-21-29-19-17-27-16-18-28-20-22-30-24(2)3/h12-15,24H,4-11,16-23H2,1-3H3. The number of aryl methyl sites for hydroxylation is 1. The van der Waals surface area contributed by atoms with Crippen molar-refractivity contribution in [1.82, 2.24) is 0 Å². The normalized spacial score (nSPS) is 11.4. The Morgan fingerprint density at radius 2 is 1.13 bits per heavy atom. The molecule has 5 heteroatoms. The molecule has 0 radical (unpaired) electrons. The van der Waals surface area contributed by atoms with Gasteiger partial charge in [0.25, 0.3) is 0 Å². The fraction of sp³-hybridized carbons (Fsp3) is 0.769. The van der Waals surface area contributed by atoms with Crippen molar-refractivity contribution in [2.24, 2.45) is 0 Å². The lowest BCUT2D eigenvalue weighted by Gasteiger charge is -2.09. The zero-order chi connectivity index (χ0) is 22.4. The van der Waals surface area contributed by atoms with Crippen molar-refractivity contribution in [2.75, 3.05) is 52.9 Å². The van der Waals surface area contributed by atoms with Crippen molar-refractivity contribution in [3.63, 3.8) is 0 Å². The highest BCUT2D eigenvalue weighted by molar-refractivity contribution is 5.27. The van der Waals surface area contributed by atoms with Gasteiger partial charge in [0, 0.05) is 0 Å². The topological polar surface area (TPSA) is 46.2 Å². The zero-order valence-electron chi connectivity index (χ0n) is 20.2. The van der Waals surface area contributed by atoms with Crippen LogP contribution in [0.25, 0.3) is 0 Å². The van der Waals surface area contributed by atoms with E-state index >= 15 is 0 Å². The Balaban J connectivity index is 1.88. The van der Waals surface area contributed by atoms with Crippen LogP contribution in [0.4, 0.5) is 0 Å². The quantitative estimate of drug-likeness (QED) is 0.213. The first-order valence-corrected chi connectivity index (χ1v) is 12.3. The highest BCUT2D eigenvalue weighted by Crippen LogP contribution is 2.15. The van der Waals surface area contributed by atoms with Gasteiger partial charge in [-0.2, -0.15) is 0 Å². The van der Waals surface area contributed by atoms with Crippen molar-refractivity contribution in [2.45, 2.75) is 78.2 Å². The molecule has 0 aliphatic rings. The van der Waals surface area contributed by atoms with Crippen LogP contribution in [0.3, 0.4) is 0 Å². The third-order valence-corrected chi connectivity index (χ3v) is 4.91. The van der Waals surface area contributed by atoms with Crippen molar-refractivity contribution in [3.05, 3.63) is 29.8 Å². The van der Waals surface area contributed by atoms with Gasteiger partial charge in [0.15, 0.2) is 0 Å². The van der Waals surface area contributed by atoms with E-state index in [2.05, 4.69) is 31.2 Å². The van der Waals surface area contributed by atoms with E-state index in [1.807, 2.05) is 13.8 Å². The summed E-state index contributed by atoms with van der Waals surface area (Å²) in [7, 11) is 0. The maximum absolute atomic E-state index is 5.74. The number of hydrogen-bond acceptors (Lipinski definition) is 5. The van der Waals surface area contributed by atoms with E-state index in [4.69, 9.17) is 23.7 Å². The second kappa shape index (κ2) is 20.7. The first-order valence-electron chi connectivity index (χ1n) is 12.3. The van der Waals surface area contributed by atoms with Gasteiger partial charge in [0.05, 0.1) is 52.4 Å². The second-order valence-corrected chi connectivity index (χ2v) is 8.12. The molecule has 1 aromatic carbocycles. The van der Waals surface area contributed by atoms with Gasteiger partial charge in [-0.05, 0) is 44.4 Å². The molecule has 180 valence electrons. The van der Waals surface area contributed by atoms with Gasteiger partial charge in [-0.3, -0.25) is 0 Å². The van der Waals surface area contributed by atoms with E-state index in [1.54, 1.807) is 0 Å². The molecule has 1 aromatic rings. The van der Waals surface area contributed by atoms with E-state index in [0.717, 1.165) is 12.2 Å². The third kappa shape index (κ3) is 18.2. The first-order chi connectivity index (χ1) is 15.2. The van der Waals surface area contributed by atoms with Gasteiger partial charge in [-0.1, -0.05) is 57.6 Å². The maximum atomic E-state index is 5.74. The second-order valence-electron chi connectivity index (χ2n) is 8.12. The minimum Gasteiger partial charge on any atom is -0.491 e. The molecule has 0 N–H and O–H groups in total. The summed E-state index contributed by atoms with van der Waals surface area (Å²) in [5, 5.41) is 0. The Hall–Kier alpha value is -1.14. The predicted octanol–water partition coefficient (Wildman–Crippen LogP) is 5.83. The van der Waals surface area contributed by atoms with Crippen LogP contribution in [0.15, 0.2) is 24.3 Å². The number of unbranched alkanes of at least 4 members (excludes halogenated alkanes) is 6. The van der Waals surface area contributed by atoms with E-state index < -0.39 is 0 Å². The molecular weight excluding hydrogens is 392 g/mol. The van der Waals surface area contributed by atoms with Gasteiger partial charge in [0.1, 0.15) is 12.4 Å². The molecule has 0 atom stereocenters. The molecule has 0 saturated carbocycles. The van der Waals surface area contributed by atoms with Crippen LogP contribution in [0, 0.1) is 0 Å². The van der Waals surface area contributed by atoms with Crippen LogP contribution >= 0.6 is 0 Å². The van der Waals surface area contributed by atoms with Crippen LogP contribution in [0.1, 0.15) is 71.3 Å². The monoisotopic (exact) mass is 438 g/mol. The van der Waals surface area contributed by atoms with Gasteiger partial charge in [-0.25, -0.2) is 0 Å². The highest BCUT2D eigenvalue weighted by atomic mass is 16.6. The minimum absolute atomic E-state index is 0.250. The molecule has 0 aliphatic carbocycles. The highest BCUT2D eigenvalue weighted by Gasteiger charge is 1.98. The fourth-order valence-electron chi connectivity index (χ4n) is 3.14. The lowest BCUT2D eigenvalue weighted by atomic mass is 10.0. The van der Waals surface area contributed by atoms with E-state index in [-0.39, 0.29) is 6.10 Å². The number of ether oxygens (including phenoxy) is 5. The molecule has 0 spiro atoms. The van der Waals surface area contributed by atoms with Gasteiger partial charge < -0.3 is 23.7 Å². The summed E-state index contributed by atoms with van der Waals surface area (Å²) in [5.74, 6) is 0.904. The van der Waals surface area contributed by atoms with Crippen molar-refractivity contribution >= 4 is 0 Å². The Morgan fingerprint density at radius 1 is 0.613 bits per heavy atom. The number of benzene rings is 1. The summed E-state index contributed by atoms with van der Waals surface area (Å²) in [4.78, 5) is 0. The molecule has 0 amide bonds. The summed E-state index contributed by atoms with van der Waals surface area (Å²) in [6, 6.07) is 8.48. The Kier molecular flexibility index (Phi) is 18.7. The van der Waals surface area contributed by atoms with Crippen LogP contribution in [-0.4, -0.2) is 59.0 Å². The lowest BCUT2D eigenvalue weighted by Crippen LogP contribution is -2.14. The zero-order valence-corrected chi connectivity index (χ0v) is 20.2. The molecule has 0 saturated heterocycles. The van der Waals surface area contributed by atoms with E-state index in [0.29, 0.717) is 52.9 Å². The van der Waals surface area contributed by atoms with Gasteiger partial charge in [0.2, 0.25) is 0 Å². The molecule has 1 rings (SSSR count). The smallest absolute Gasteiger partial charge is 0.119 e. The van der Waals surface area contributed by atoms with Crippen LogP contribution in [0.5, 0.6) is 5.75 Å². The maximum Gasteiger partial charge on any atom is 0.119 e. The fourth-order valence-corrected chi connectivity index (χ4v) is 3.14. The lowest BCUT2D eigenvalue weighted by molar-refractivity contribution is -0.0134. The Labute approximate surface area is 190 Å². The molecule has 0 aromatic heterocycles. The molecule has 0 aliphatic heterocycles. The average molecular weight is 439 g/mol. The average Bonchev–Trinajstić information content (AvgIpc) is 2.77. The first kappa shape index (κ1) is 27.9. The summed E-state index contributed by atoms with van der Waals surface area (Å²) in [6.45, 7) is 10.9. The molecular formula is C26H46O5. The van der Waals surface area contributed by atoms with Crippen molar-refractivity contribution in [3.8, 4) is 5.75 Å². The SMILES string of the molecule is CCCCCCCCCc1ccc(OCCOCCOCCOCCOC(C)C)cc1. The van der Waals surface area contributed by atoms with Crippen molar-refractivity contribution in [1.29, 1.82) is 0 Å². The molecule has 0 fully saturated rings. The summed E-state index contributed by atoms with van der Waals surface area (Å²) in [6.07, 6.45) is 10.9. The molecule has 5 nitrogen and oxygen atoms in total. The molecule has 0 heterocycles. The largest absolute Gasteiger partial charge is 0.491 e. The predicted molar refractivity (Wildman–Crippen MR) is 127 cm³/mol. The summed E-state index contributed by atoms with van der Waals surface area (Å²) in [5.41, 5.74) is 1.39. The molecule has 0 unspecified atom stereocenters. The van der Waals surface area contributed by atoms with Crippen LogP contribution in [-0.2, 0) is 25.4 Å². The summed E-state index contributed by atoms with van der Waals surface area (Å²) >= 11 is 0. The third-order valence-electron chi connectivity index (χ3n) is 4.91. The van der Waals surface area contributed by atoms with Crippen molar-refractivity contribution < 1.29 is 23.7 Å². The Morgan fingerprint density at radius 3 is 1.71 bits per heavy atom. The minimum atomic E-state index is 0.250.